The Balaban J connectivity index is 1.87. The van der Waals surface area contributed by atoms with E-state index in [0.29, 0.717) is 18.6 Å². The Morgan fingerprint density at radius 3 is 2.82 bits per heavy atom. The maximum absolute atomic E-state index is 15.1. The maximum atomic E-state index is 15.1. The minimum absolute atomic E-state index is 0.0190. The second kappa shape index (κ2) is 6.95. The number of nitrogens with one attached hydrogen (secondary N) is 1. The third kappa shape index (κ3) is 2.94. The topological polar surface area (TPSA) is 117 Å². The molecule has 4 rings (SSSR count). The van der Waals surface area contributed by atoms with Gasteiger partial charge in [0.05, 0.1) is 25.0 Å². The van der Waals surface area contributed by atoms with Crippen LogP contribution in [-0.4, -0.2) is 35.8 Å². The van der Waals surface area contributed by atoms with E-state index in [1.165, 1.54) is 17.7 Å². The van der Waals surface area contributed by atoms with Crippen molar-refractivity contribution in [1.82, 2.24) is 9.55 Å². The minimum Gasteiger partial charge on any atom is -0.492 e. The number of nitrogens with zero attached hydrogens (tertiary/aromatic N) is 3. The Hall–Kier alpha value is -2.86. The molecule has 1 aliphatic carbocycles. The van der Waals surface area contributed by atoms with Gasteiger partial charge < -0.3 is 15.4 Å². The number of nitrogens with two attached hydrogens (primary N) is 1. The van der Waals surface area contributed by atoms with Gasteiger partial charge in [0, 0.05) is 25.2 Å². The summed E-state index contributed by atoms with van der Waals surface area (Å²) in [5.74, 6) is -0.325. The van der Waals surface area contributed by atoms with Gasteiger partial charge in [-0.2, -0.15) is 5.26 Å². The molecule has 8 nitrogen and oxygen atoms in total. The molecule has 1 aromatic carbocycles. The first-order valence-corrected chi connectivity index (χ1v) is 9.38. The summed E-state index contributed by atoms with van der Waals surface area (Å²) >= 11 is 0. The standard InChI is InChI=1S/C19H22FN5O3/c1-28-17-15-12(18(26)23-19(27)25(15)11-2-3-11)8-13(20)16(17)24-7-5-10(9-24)14(22)4-6-21/h8,10-11,14H,2-5,7,9,22H2,1H3,(H,23,26,27). The number of fused-ring (bicyclic) bond motifs is 1. The molecule has 1 aliphatic heterocycles. The predicted octanol–water partition coefficient (Wildman–Crippen LogP) is 1.24. The van der Waals surface area contributed by atoms with Gasteiger partial charge in [-0.15, -0.1) is 0 Å². The molecular formula is C19H22FN5O3. The number of hydrogen-bond donors (Lipinski definition) is 2. The monoisotopic (exact) mass is 387 g/mol. The van der Waals surface area contributed by atoms with E-state index in [1.807, 2.05) is 4.90 Å². The van der Waals surface area contributed by atoms with Gasteiger partial charge in [-0.25, -0.2) is 9.18 Å². The Kier molecular flexibility index (Phi) is 4.59. The van der Waals surface area contributed by atoms with Crippen molar-refractivity contribution >= 4 is 16.6 Å². The molecule has 9 heteroatoms. The minimum atomic E-state index is -0.629. The van der Waals surface area contributed by atoms with Crippen molar-refractivity contribution < 1.29 is 9.13 Å². The van der Waals surface area contributed by atoms with E-state index >= 15 is 4.39 Å². The van der Waals surface area contributed by atoms with Gasteiger partial charge in [0.25, 0.3) is 5.56 Å². The van der Waals surface area contributed by atoms with Crippen LogP contribution in [0.15, 0.2) is 15.7 Å². The zero-order chi connectivity index (χ0) is 20.0. The molecule has 0 bridgehead atoms. The first-order valence-electron chi connectivity index (χ1n) is 9.38. The zero-order valence-electron chi connectivity index (χ0n) is 15.6. The highest BCUT2D eigenvalue weighted by atomic mass is 19.1. The molecule has 0 amide bonds. The van der Waals surface area contributed by atoms with Crippen LogP contribution in [0.5, 0.6) is 5.75 Å². The van der Waals surface area contributed by atoms with Crippen molar-refractivity contribution in [2.45, 2.75) is 37.8 Å². The fourth-order valence-electron chi connectivity index (χ4n) is 4.13. The van der Waals surface area contributed by atoms with Crippen molar-refractivity contribution in [3.05, 3.63) is 32.7 Å². The second-order valence-electron chi connectivity index (χ2n) is 7.52. The lowest BCUT2D eigenvalue weighted by atomic mass is 9.98. The number of benzene rings is 1. The summed E-state index contributed by atoms with van der Waals surface area (Å²) < 4.78 is 22.1. The lowest BCUT2D eigenvalue weighted by Crippen LogP contribution is -2.33. The Bertz CT molecular complexity index is 1080. The molecule has 1 saturated carbocycles. The van der Waals surface area contributed by atoms with Gasteiger partial charge in [0.15, 0.2) is 11.6 Å². The third-order valence-electron chi connectivity index (χ3n) is 5.70. The quantitative estimate of drug-likeness (QED) is 0.797. The second-order valence-corrected chi connectivity index (χ2v) is 7.52. The number of rotatable bonds is 5. The summed E-state index contributed by atoms with van der Waals surface area (Å²) in [5, 5.41) is 8.98. The molecule has 2 aromatic rings. The Morgan fingerprint density at radius 2 is 2.18 bits per heavy atom. The number of H-pyrrole nitrogens is 1. The van der Waals surface area contributed by atoms with Gasteiger partial charge in [0.1, 0.15) is 11.2 Å². The fourth-order valence-corrected chi connectivity index (χ4v) is 4.13. The smallest absolute Gasteiger partial charge is 0.329 e. The van der Waals surface area contributed by atoms with Crippen LogP contribution in [0.3, 0.4) is 0 Å². The van der Waals surface area contributed by atoms with E-state index in [2.05, 4.69) is 11.1 Å². The SMILES string of the molecule is COc1c(N2CCC(C(N)CC#N)C2)c(F)cc2c(=O)[nH]c(=O)n(C3CC3)c12. The molecule has 2 fully saturated rings. The van der Waals surface area contributed by atoms with E-state index in [9.17, 15) is 9.59 Å². The molecule has 3 N–H and O–H groups in total. The number of anilines is 1. The summed E-state index contributed by atoms with van der Waals surface area (Å²) in [7, 11) is 1.41. The molecule has 2 aliphatic rings. The average molecular weight is 387 g/mol. The first kappa shape index (κ1) is 18.5. The normalized spacial score (nSPS) is 20.4. The van der Waals surface area contributed by atoms with E-state index in [1.54, 1.807) is 0 Å². The zero-order valence-corrected chi connectivity index (χ0v) is 15.6. The van der Waals surface area contributed by atoms with Gasteiger partial charge in [-0.3, -0.25) is 14.3 Å². The van der Waals surface area contributed by atoms with Crippen LogP contribution < -0.4 is 26.6 Å². The number of aromatic amines is 1. The highest BCUT2D eigenvalue weighted by Crippen LogP contribution is 2.43. The van der Waals surface area contributed by atoms with Crippen molar-refractivity contribution in [1.29, 1.82) is 5.26 Å². The Morgan fingerprint density at radius 1 is 1.43 bits per heavy atom. The summed E-state index contributed by atoms with van der Waals surface area (Å²) in [6.45, 7) is 1.04. The molecule has 2 atom stereocenters. The lowest BCUT2D eigenvalue weighted by Gasteiger charge is -2.25. The molecule has 0 radical (unpaired) electrons. The van der Waals surface area contributed by atoms with Crippen LogP contribution in [0.2, 0.25) is 0 Å². The Labute approximate surface area is 160 Å². The van der Waals surface area contributed by atoms with Crippen LogP contribution >= 0.6 is 0 Å². The van der Waals surface area contributed by atoms with Crippen molar-refractivity contribution in [2.75, 3.05) is 25.1 Å². The van der Waals surface area contributed by atoms with Gasteiger partial charge in [-0.1, -0.05) is 0 Å². The molecule has 2 unspecified atom stereocenters. The van der Waals surface area contributed by atoms with Crippen LogP contribution in [0.4, 0.5) is 10.1 Å². The van der Waals surface area contributed by atoms with Crippen LogP contribution in [0, 0.1) is 23.1 Å². The van der Waals surface area contributed by atoms with Crippen LogP contribution in [0.1, 0.15) is 31.7 Å². The maximum Gasteiger partial charge on any atom is 0.329 e. The summed E-state index contributed by atoms with van der Waals surface area (Å²) in [5.41, 5.74) is 5.51. The summed E-state index contributed by atoms with van der Waals surface area (Å²) in [4.78, 5) is 28.8. The fraction of sp³-hybridized carbons (Fsp3) is 0.526. The van der Waals surface area contributed by atoms with E-state index in [4.69, 9.17) is 15.7 Å². The van der Waals surface area contributed by atoms with Gasteiger partial charge in [0.2, 0.25) is 0 Å². The average Bonchev–Trinajstić information content (AvgIpc) is 3.37. The number of hydrogen-bond acceptors (Lipinski definition) is 6. The molecule has 148 valence electrons. The first-order chi connectivity index (χ1) is 13.5. The summed E-state index contributed by atoms with van der Waals surface area (Å²) in [6, 6.07) is 2.95. The molecule has 28 heavy (non-hydrogen) atoms. The van der Waals surface area contributed by atoms with Crippen molar-refractivity contribution in [2.24, 2.45) is 11.7 Å². The van der Waals surface area contributed by atoms with E-state index in [0.717, 1.165) is 19.3 Å². The molecule has 1 aromatic heterocycles. The molecule has 1 saturated heterocycles. The van der Waals surface area contributed by atoms with Crippen LogP contribution in [0.25, 0.3) is 10.9 Å². The largest absolute Gasteiger partial charge is 0.492 e. The predicted molar refractivity (Wildman–Crippen MR) is 102 cm³/mol. The summed E-state index contributed by atoms with van der Waals surface area (Å²) in [6.07, 6.45) is 2.62. The third-order valence-corrected chi connectivity index (χ3v) is 5.70. The molecule has 2 heterocycles. The van der Waals surface area contributed by atoms with E-state index in [-0.39, 0.29) is 41.2 Å². The highest BCUT2D eigenvalue weighted by molar-refractivity contribution is 5.91. The number of halogens is 1. The number of ether oxygens (including phenoxy) is 1. The van der Waals surface area contributed by atoms with Crippen molar-refractivity contribution in [3.8, 4) is 11.8 Å². The van der Waals surface area contributed by atoms with Gasteiger partial charge >= 0.3 is 5.69 Å². The number of methoxy groups -OCH3 is 1. The highest BCUT2D eigenvalue weighted by Gasteiger charge is 2.34. The van der Waals surface area contributed by atoms with Crippen molar-refractivity contribution in [3.63, 3.8) is 0 Å². The van der Waals surface area contributed by atoms with Gasteiger partial charge in [-0.05, 0) is 31.2 Å². The van der Waals surface area contributed by atoms with E-state index < -0.39 is 17.1 Å². The number of aromatic nitrogens is 2. The lowest BCUT2D eigenvalue weighted by molar-refractivity contribution is 0.412. The molecular weight excluding hydrogens is 365 g/mol. The number of nitriles is 1. The molecule has 0 spiro atoms. The van der Waals surface area contributed by atoms with Crippen LogP contribution in [-0.2, 0) is 0 Å².